The van der Waals surface area contributed by atoms with Gasteiger partial charge >= 0.3 is 5.97 Å². The molecule has 5 nitrogen and oxygen atoms in total. The van der Waals surface area contributed by atoms with Crippen LogP contribution in [0.3, 0.4) is 0 Å². The van der Waals surface area contributed by atoms with Gasteiger partial charge in [0.15, 0.2) is 0 Å². The van der Waals surface area contributed by atoms with E-state index in [9.17, 15) is 9.59 Å². The van der Waals surface area contributed by atoms with E-state index < -0.39 is 5.97 Å². The summed E-state index contributed by atoms with van der Waals surface area (Å²) >= 11 is 0. The molecule has 1 amide bonds. The van der Waals surface area contributed by atoms with Crippen molar-refractivity contribution >= 4 is 11.9 Å². The van der Waals surface area contributed by atoms with E-state index in [1.807, 2.05) is 0 Å². The van der Waals surface area contributed by atoms with E-state index in [2.05, 4.69) is 10.2 Å². The zero-order chi connectivity index (χ0) is 12.3. The number of nitrogens with one attached hydrogen (secondary N) is 1. The summed E-state index contributed by atoms with van der Waals surface area (Å²) in [4.78, 5) is 24.4. The third kappa shape index (κ3) is 3.19. The molecule has 2 fully saturated rings. The third-order valence-corrected chi connectivity index (χ3v) is 3.78. The second-order valence-corrected chi connectivity index (χ2v) is 5.02. The van der Waals surface area contributed by atoms with Gasteiger partial charge in [0, 0.05) is 18.6 Å². The predicted octanol–water partition coefficient (Wildman–Crippen LogP) is 0.594. The second kappa shape index (κ2) is 5.49. The van der Waals surface area contributed by atoms with Crippen LogP contribution in [0.25, 0.3) is 0 Å². The maximum absolute atomic E-state index is 11.4. The first-order chi connectivity index (χ1) is 8.16. The van der Waals surface area contributed by atoms with Crippen LogP contribution in [0.4, 0.5) is 0 Å². The largest absolute Gasteiger partial charge is 0.481 e. The van der Waals surface area contributed by atoms with Crippen molar-refractivity contribution in [2.45, 2.75) is 50.6 Å². The number of aliphatic carboxylic acids is 1. The molecule has 1 heterocycles. The van der Waals surface area contributed by atoms with Crippen LogP contribution in [0.5, 0.6) is 0 Å². The normalized spacial score (nSPS) is 27.8. The molecule has 1 atom stereocenters. The SMILES string of the molecule is O=C(O)CC1CNC(=O)CN1C1CCCCC1. The number of piperazine rings is 1. The molecular formula is C12H20N2O3. The molecular weight excluding hydrogens is 220 g/mol. The van der Waals surface area contributed by atoms with E-state index in [4.69, 9.17) is 5.11 Å². The molecule has 96 valence electrons. The minimum atomic E-state index is -0.785. The number of carbonyl (C=O) groups excluding carboxylic acids is 1. The van der Waals surface area contributed by atoms with Gasteiger partial charge in [0.25, 0.3) is 0 Å². The topological polar surface area (TPSA) is 69.6 Å². The summed E-state index contributed by atoms with van der Waals surface area (Å²) in [6.45, 7) is 0.838. The van der Waals surface area contributed by atoms with Gasteiger partial charge in [-0.2, -0.15) is 0 Å². The van der Waals surface area contributed by atoms with E-state index in [0.29, 0.717) is 19.1 Å². The Morgan fingerprint density at radius 2 is 2.06 bits per heavy atom. The fraction of sp³-hybridized carbons (Fsp3) is 0.833. The first-order valence-corrected chi connectivity index (χ1v) is 6.41. The third-order valence-electron chi connectivity index (χ3n) is 3.78. The second-order valence-electron chi connectivity index (χ2n) is 5.02. The molecule has 2 N–H and O–H groups in total. The van der Waals surface area contributed by atoms with Gasteiger partial charge in [0.05, 0.1) is 13.0 Å². The molecule has 2 rings (SSSR count). The van der Waals surface area contributed by atoms with Crippen molar-refractivity contribution in [1.82, 2.24) is 10.2 Å². The highest BCUT2D eigenvalue weighted by Gasteiger charge is 2.33. The summed E-state index contributed by atoms with van der Waals surface area (Å²) < 4.78 is 0. The highest BCUT2D eigenvalue weighted by molar-refractivity contribution is 5.79. The number of amides is 1. The molecule has 1 aliphatic carbocycles. The summed E-state index contributed by atoms with van der Waals surface area (Å²) in [5.74, 6) is -0.760. The maximum Gasteiger partial charge on any atom is 0.305 e. The molecule has 1 saturated carbocycles. The average molecular weight is 240 g/mol. The number of hydrogen-bond acceptors (Lipinski definition) is 3. The molecule has 0 aromatic heterocycles. The van der Waals surface area contributed by atoms with Crippen molar-refractivity contribution in [1.29, 1.82) is 0 Å². The lowest BCUT2D eigenvalue weighted by molar-refractivity contribution is -0.141. The van der Waals surface area contributed by atoms with E-state index in [1.165, 1.54) is 19.3 Å². The highest BCUT2D eigenvalue weighted by atomic mass is 16.4. The summed E-state index contributed by atoms with van der Waals surface area (Å²) in [6.07, 6.45) is 5.98. The fourth-order valence-corrected chi connectivity index (χ4v) is 2.93. The van der Waals surface area contributed by atoms with Crippen LogP contribution in [-0.4, -0.2) is 47.1 Å². The smallest absolute Gasteiger partial charge is 0.305 e. The van der Waals surface area contributed by atoms with Crippen molar-refractivity contribution in [3.63, 3.8) is 0 Å². The molecule has 1 unspecified atom stereocenters. The molecule has 1 aliphatic heterocycles. The number of hydrogen-bond donors (Lipinski definition) is 2. The first kappa shape index (κ1) is 12.4. The predicted molar refractivity (Wildman–Crippen MR) is 62.6 cm³/mol. The minimum Gasteiger partial charge on any atom is -0.481 e. The number of carboxylic acids is 1. The van der Waals surface area contributed by atoms with Crippen LogP contribution in [0.1, 0.15) is 38.5 Å². The van der Waals surface area contributed by atoms with Crippen LogP contribution in [-0.2, 0) is 9.59 Å². The Bertz CT molecular complexity index is 300. The molecule has 0 aromatic rings. The van der Waals surface area contributed by atoms with Crippen LogP contribution in [0, 0.1) is 0 Å². The van der Waals surface area contributed by atoms with Crippen molar-refractivity contribution in [3.05, 3.63) is 0 Å². The van der Waals surface area contributed by atoms with Gasteiger partial charge in [-0.3, -0.25) is 14.5 Å². The quantitative estimate of drug-likeness (QED) is 0.757. The summed E-state index contributed by atoms with van der Waals surface area (Å²) in [5.41, 5.74) is 0. The van der Waals surface area contributed by atoms with Crippen molar-refractivity contribution < 1.29 is 14.7 Å². The Morgan fingerprint density at radius 3 is 2.71 bits per heavy atom. The molecule has 0 bridgehead atoms. The molecule has 0 spiro atoms. The Balaban J connectivity index is 2.01. The Hall–Kier alpha value is -1.10. The number of carbonyl (C=O) groups is 2. The van der Waals surface area contributed by atoms with Crippen LogP contribution in [0.15, 0.2) is 0 Å². The van der Waals surface area contributed by atoms with Crippen molar-refractivity contribution in [2.24, 2.45) is 0 Å². The molecule has 0 radical (unpaired) electrons. The number of nitrogens with zero attached hydrogens (tertiary/aromatic N) is 1. The van der Waals surface area contributed by atoms with Crippen LogP contribution >= 0.6 is 0 Å². The van der Waals surface area contributed by atoms with Gasteiger partial charge in [-0.25, -0.2) is 0 Å². The Kier molecular flexibility index (Phi) is 3.99. The van der Waals surface area contributed by atoms with Gasteiger partial charge in [-0.05, 0) is 12.8 Å². The van der Waals surface area contributed by atoms with Gasteiger partial charge in [-0.15, -0.1) is 0 Å². The van der Waals surface area contributed by atoms with Gasteiger partial charge in [0.1, 0.15) is 0 Å². The zero-order valence-electron chi connectivity index (χ0n) is 10.0. The first-order valence-electron chi connectivity index (χ1n) is 6.41. The van der Waals surface area contributed by atoms with Crippen molar-refractivity contribution in [2.75, 3.05) is 13.1 Å². The minimum absolute atomic E-state index is 0.0252. The lowest BCUT2D eigenvalue weighted by Crippen LogP contribution is -2.58. The van der Waals surface area contributed by atoms with Gasteiger partial charge < -0.3 is 10.4 Å². The lowest BCUT2D eigenvalue weighted by Gasteiger charge is -2.41. The standard InChI is InChI=1S/C12H20N2O3/c15-11-8-14(9-4-2-1-3-5-9)10(7-13-11)6-12(16)17/h9-10H,1-8H2,(H,13,15)(H,16,17). The van der Waals surface area contributed by atoms with E-state index >= 15 is 0 Å². The molecule has 1 saturated heterocycles. The monoisotopic (exact) mass is 240 g/mol. The zero-order valence-corrected chi connectivity index (χ0v) is 10.0. The number of carboxylic acid groups (broad SMARTS) is 1. The maximum atomic E-state index is 11.4. The van der Waals surface area contributed by atoms with E-state index in [-0.39, 0.29) is 18.4 Å². The lowest BCUT2D eigenvalue weighted by atomic mass is 9.92. The van der Waals surface area contributed by atoms with Gasteiger partial charge in [-0.1, -0.05) is 19.3 Å². The summed E-state index contributed by atoms with van der Waals surface area (Å²) in [7, 11) is 0. The van der Waals surface area contributed by atoms with Gasteiger partial charge in [0.2, 0.25) is 5.91 Å². The molecule has 2 aliphatic rings. The van der Waals surface area contributed by atoms with E-state index in [1.54, 1.807) is 0 Å². The highest BCUT2D eigenvalue weighted by Crippen LogP contribution is 2.25. The average Bonchev–Trinajstić information content (AvgIpc) is 2.32. The molecule has 17 heavy (non-hydrogen) atoms. The fourth-order valence-electron chi connectivity index (χ4n) is 2.93. The summed E-state index contributed by atoms with van der Waals surface area (Å²) in [6, 6.07) is 0.368. The van der Waals surface area contributed by atoms with Crippen molar-refractivity contribution in [3.8, 4) is 0 Å². The molecule has 5 heteroatoms. The number of rotatable bonds is 3. The van der Waals surface area contributed by atoms with Crippen LogP contribution in [0.2, 0.25) is 0 Å². The van der Waals surface area contributed by atoms with E-state index in [0.717, 1.165) is 12.8 Å². The Labute approximate surface area is 101 Å². The van der Waals surface area contributed by atoms with Crippen LogP contribution < -0.4 is 5.32 Å². The molecule has 0 aromatic carbocycles. The summed E-state index contributed by atoms with van der Waals surface area (Å²) in [5, 5.41) is 11.7. The Morgan fingerprint density at radius 1 is 1.35 bits per heavy atom.